The standard InChI is InChI=1S/C26H28O2S/c1-25(2)14-15-26(3,4)21-16-19(10-11-20(21)25)23-13-12-22(29-23)17-6-8-18(9-7-17)24(27)28-5/h6-13,16H,14-15H2,1-5H3. The van der Waals surface area contributed by atoms with Crippen molar-refractivity contribution in [2.45, 2.75) is 51.4 Å². The van der Waals surface area contributed by atoms with Crippen LogP contribution in [0.2, 0.25) is 0 Å². The summed E-state index contributed by atoms with van der Waals surface area (Å²) >= 11 is 1.79. The first-order valence-electron chi connectivity index (χ1n) is 10.2. The molecule has 0 saturated carbocycles. The van der Waals surface area contributed by atoms with E-state index in [2.05, 4.69) is 58.0 Å². The second-order valence-corrected chi connectivity index (χ2v) is 10.3. The third-order valence-electron chi connectivity index (χ3n) is 6.33. The van der Waals surface area contributed by atoms with Crippen LogP contribution in [0, 0.1) is 0 Å². The maximum atomic E-state index is 11.6. The molecule has 0 bridgehead atoms. The minimum Gasteiger partial charge on any atom is -0.465 e. The highest BCUT2D eigenvalue weighted by Crippen LogP contribution is 2.47. The van der Waals surface area contributed by atoms with Crippen molar-refractivity contribution in [2.75, 3.05) is 7.11 Å². The number of hydrogen-bond donors (Lipinski definition) is 0. The predicted molar refractivity (Wildman–Crippen MR) is 122 cm³/mol. The van der Waals surface area contributed by atoms with Gasteiger partial charge in [0.05, 0.1) is 12.7 Å². The van der Waals surface area contributed by atoms with Gasteiger partial charge >= 0.3 is 5.97 Å². The summed E-state index contributed by atoms with van der Waals surface area (Å²) in [5.41, 5.74) is 6.42. The quantitative estimate of drug-likeness (QED) is 0.431. The fraction of sp³-hybridized carbons (Fsp3) is 0.346. The zero-order chi connectivity index (χ0) is 20.8. The molecule has 3 heteroatoms. The van der Waals surface area contributed by atoms with Crippen molar-refractivity contribution in [1.82, 2.24) is 0 Å². The first-order chi connectivity index (χ1) is 13.7. The SMILES string of the molecule is COC(=O)c1ccc(-c2ccc(-c3ccc4c(c3)C(C)(C)CCC4(C)C)s2)cc1. The molecule has 150 valence electrons. The van der Waals surface area contributed by atoms with Gasteiger partial charge in [-0.1, -0.05) is 52.0 Å². The number of hydrogen-bond acceptors (Lipinski definition) is 3. The van der Waals surface area contributed by atoms with Crippen LogP contribution in [0.4, 0.5) is 0 Å². The van der Waals surface area contributed by atoms with E-state index in [0.717, 1.165) is 5.56 Å². The van der Waals surface area contributed by atoms with E-state index in [1.165, 1.54) is 46.4 Å². The summed E-state index contributed by atoms with van der Waals surface area (Å²) in [6, 6.07) is 19.0. The average Bonchev–Trinajstić information content (AvgIpc) is 3.21. The number of thiophene rings is 1. The lowest BCUT2D eigenvalue weighted by Crippen LogP contribution is -2.33. The van der Waals surface area contributed by atoms with Crippen LogP contribution in [-0.2, 0) is 15.6 Å². The van der Waals surface area contributed by atoms with Gasteiger partial charge in [0.15, 0.2) is 0 Å². The monoisotopic (exact) mass is 404 g/mol. The minimum absolute atomic E-state index is 0.213. The number of esters is 1. The maximum Gasteiger partial charge on any atom is 0.337 e. The van der Waals surface area contributed by atoms with E-state index in [1.807, 2.05) is 24.3 Å². The molecule has 0 saturated heterocycles. The Hall–Kier alpha value is -2.39. The van der Waals surface area contributed by atoms with Crippen molar-refractivity contribution >= 4 is 17.3 Å². The van der Waals surface area contributed by atoms with Crippen LogP contribution in [0.3, 0.4) is 0 Å². The molecular formula is C26H28O2S. The molecule has 1 heterocycles. The first-order valence-corrected chi connectivity index (χ1v) is 11.0. The molecule has 0 spiro atoms. The highest BCUT2D eigenvalue weighted by Gasteiger charge is 2.37. The summed E-state index contributed by atoms with van der Waals surface area (Å²) in [7, 11) is 1.41. The maximum absolute atomic E-state index is 11.6. The van der Waals surface area contributed by atoms with E-state index in [4.69, 9.17) is 4.74 Å². The molecule has 0 radical (unpaired) electrons. The summed E-state index contributed by atoms with van der Waals surface area (Å²) in [6.45, 7) is 9.46. The molecular weight excluding hydrogens is 376 g/mol. The van der Waals surface area contributed by atoms with Gasteiger partial charge in [0.25, 0.3) is 0 Å². The molecule has 29 heavy (non-hydrogen) atoms. The minimum atomic E-state index is -0.303. The molecule has 2 aromatic carbocycles. The molecule has 1 aliphatic carbocycles. The van der Waals surface area contributed by atoms with Crippen molar-refractivity contribution in [3.05, 3.63) is 71.3 Å². The van der Waals surface area contributed by atoms with Crippen molar-refractivity contribution in [3.63, 3.8) is 0 Å². The third kappa shape index (κ3) is 3.64. The molecule has 0 unspecified atom stereocenters. The Labute approximate surface area is 177 Å². The third-order valence-corrected chi connectivity index (χ3v) is 7.52. The van der Waals surface area contributed by atoms with E-state index in [-0.39, 0.29) is 16.8 Å². The Morgan fingerprint density at radius 2 is 1.34 bits per heavy atom. The van der Waals surface area contributed by atoms with Crippen LogP contribution in [0.1, 0.15) is 62.0 Å². The lowest BCUT2D eigenvalue weighted by atomic mass is 9.63. The summed E-state index contributed by atoms with van der Waals surface area (Å²) < 4.78 is 4.78. The summed E-state index contributed by atoms with van der Waals surface area (Å²) in [5.74, 6) is -0.303. The molecule has 3 aromatic rings. The van der Waals surface area contributed by atoms with Crippen LogP contribution in [0.25, 0.3) is 20.9 Å². The summed E-state index contributed by atoms with van der Waals surface area (Å²) in [4.78, 5) is 14.1. The van der Waals surface area contributed by atoms with E-state index in [0.29, 0.717) is 5.56 Å². The fourth-order valence-electron chi connectivity index (χ4n) is 4.28. The van der Waals surface area contributed by atoms with Gasteiger partial charge in [-0.05, 0) is 76.3 Å². The van der Waals surface area contributed by atoms with Crippen molar-refractivity contribution in [2.24, 2.45) is 0 Å². The van der Waals surface area contributed by atoms with Crippen LogP contribution < -0.4 is 0 Å². The van der Waals surface area contributed by atoms with Crippen molar-refractivity contribution in [1.29, 1.82) is 0 Å². The number of benzene rings is 2. The molecule has 1 aliphatic rings. The highest BCUT2D eigenvalue weighted by molar-refractivity contribution is 7.18. The number of rotatable bonds is 3. The molecule has 4 rings (SSSR count). The first kappa shape index (κ1) is 19.9. The van der Waals surface area contributed by atoms with Gasteiger partial charge in [-0.2, -0.15) is 0 Å². The molecule has 0 aliphatic heterocycles. The Bertz CT molecular complexity index is 1050. The van der Waals surface area contributed by atoms with E-state index in [1.54, 1.807) is 11.3 Å². The Balaban J connectivity index is 1.68. The normalized spacial score (nSPS) is 16.9. The summed E-state index contributed by atoms with van der Waals surface area (Å²) in [6.07, 6.45) is 2.45. The van der Waals surface area contributed by atoms with Gasteiger partial charge in [0.2, 0.25) is 0 Å². The lowest BCUT2D eigenvalue weighted by molar-refractivity contribution is 0.0601. The smallest absolute Gasteiger partial charge is 0.337 e. The zero-order valence-electron chi connectivity index (χ0n) is 17.8. The van der Waals surface area contributed by atoms with Crippen molar-refractivity contribution < 1.29 is 9.53 Å². The summed E-state index contributed by atoms with van der Waals surface area (Å²) in [5, 5.41) is 0. The number of methoxy groups -OCH3 is 1. The van der Waals surface area contributed by atoms with E-state index >= 15 is 0 Å². The molecule has 0 fully saturated rings. The Morgan fingerprint density at radius 3 is 1.97 bits per heavy atom. The predicted octanol–water partition coefficient (Wildman–Crippen LogP) is 7.22. The molecule has 2 nitrogen and oxygen atoms in total. The Kier molecular flexibility index (Phi) is 4.90. The number of carbonyl (C=O) groups excluding carboxylic acids is 1. The van der Waals surface area contributed by atoms with Gasteiger partial charge in [-0.25, -0.2) is 4.79 Å². The fourth-order valence-corrected chi connectivity index (χ4v) is 5.29. The number of carbonyl (C=O) groups is 1. The van der Waals surface area contributed by atoms with E-state index < -0.39 is 0 Å². The van der Waals surface area contributed by atoms with Crippen LogP contribution in [0.15, 0.2) is 54.6 Å². The van der Waals surface area contributed by atoms with Gasteiger partial charge < -0.3 is 4.74 Å². The van der Waals surface area contributed by atoms with Gasteiger partial charge in [0, 0.05) is 9.75 Å². The second kappa shape index (κ2) is 7.14. The average molecular weight is 405 g/mol. The van der Waals surface area contributed by atoms with Gasteiger partial charge in [0.1, 0.15) is 0 Å². The molecule has 0 amide bonds. The van der Waals surface area contributed by atoms with Crippen LogP contribution in [-0.4, -0.2) is 13.1 Å². The van der Waals surface area contributed by atoms with Crippen LogP contribution >= 0.6 is 11.3 Å². The highest BCUT2D eigenvalue weighted by atomic mass is 32.1. The molecule has 1 aromatic heterocycles. The van der Waals surface area contributed by atoms with Crippen molar-refractivity contribution in [3.8, 4) is 20.9 Å². The number of ether oxygens (including phenoxy) is 1. The molecule has 0 atom stereocenters. The van der Waals surface area contributed by atoms with Gasteiger partial charge in [-0.3, -0.25) is 0 Å². The van der Waals surface area contributed by atoms with Gasteiger partial charge in [-0.15, -0.1) is 11.3 Å². The molecule has 0 N–H and O–H groups in total. The Morgan fingerprint density at radius 1 is 0.793 bits per heavy atom. The van der Waals surface area contributed by atoms with E-state index in [9.17, 15) is 4.79 Å². The van der Waals surface area contributed by atoms with Crippen LogP contribution in [0.5, 0.6) is 0 Å². The number of fused-ring (bicyclic) bond motifs is 1. The lowest BCUT2D eigenvalue weighted by Gasteiger charge is -2.42. The topological polar surface area (TPSA) is 26.3 Å². The largest absolute Gasteiger partial charge is 0.465 e. The second-order valence-electron chi connectivity index (χ2n) is 9.26. The zero-order valence-corrected chi connectivity index (χ0v) is 18.7.